The number of rotatable bonds is 5. The first-order chi connectivity index (χ1) is 15.0. The summed E-state index contributed by atoms with van der Waals surface area (Å²) in [4.78, 5) is 11.1. The van der Waals surface area contributed by atoms with E-state index in [-0.39, 0.29) is 35.1 Å². The molecule has 11 atom stereocenters. The predicted molar refractivity (Wildman–Crippen MR) is 124 cm³/mol. The SMILES string of the molecule is C/C(=C\CC[C@@H](C)[C@H]1CCC2C3C(C[C@H](O)[C@@]21C)[C@@]1(C)CC[C@@H](O)C[C@H]1C[C@H]3O)C(=O)O. The highest BCUT2D eigenvalue weighted by Crippen LogP contribution is 2.68. The molecule has 0 aromatic heterocycles. The molecule has 0 heterocycles. The zero-order valence-electron chi connectivity index (χ0n) is 20.3. The summed E-state index contributed by atoms with van der Waals surface area (Å²) in [6.07, 6.45) is 8.88. The van der Waals surface area contributed by atoms with E-state index < -0.39 is 5.97 Å². The molecule has 0 aromatic carbocycles. The van der Waals surface area contributed by atoms with Crippen molar-refractivity contribution in [1.29, 1.82) is 0 Å². The standard InChI is InChI=1S/C27H44O5/c1-15(6-5-7-16(2)25(31)32)19-8-9-20-24-21(14-23(30)27(19,20)4)26(3)11-10-18(28)12-17(26)13-22(24)29/h7,15,17-24,28-30H,5-6,8-14H2,1-4H3,(H,31,32)/b16-7+/t15-,17+,18-,19-,20?,21?,22-,23+,24?,26+,27-/m1/s1. The van der Waals surface area contributed by atoms with Gasteiger partial charge in [-0.1, -0.05) is 26.8 Å². The van der Waals surface area contributed by atoms with Gasteiger partial charge in [0, 0.05) is 5.57 Å². The van der Waals surface area contributed by atoms with E-state index in [0.717, 1.165) is 57.8 Å². The van der Waals surface area contributed by atoms with Gasteiger partial charge in [0.15, 0.2) is 0 Å². The van der Waals surface area contributed by atoms with E-state index >= 15 is 0 Å². The van der Waals surface area contributed by atoms with Crippen molar-refractivity contribution in [2.24, 2.45) is 46.3 Å². The molecule has 4 rings (SSSR count). The minimum absolute atomic E-state index is 0.105. The fourth-order valence-corrected chi connectivity index (χ4v) is 8.98. The van der Waals surface area contributed by atoms with Crippen molar-refractivity contribution in [2.45, 2.75) is 104 Å². The third-order valence-corrected chi connectivity index (χ3v) is 10.9. The summed E-state index contributed by atoms with van der Waals surface area (Å²) < 4.78 is 0. The maximum atomic E-state index is 11.6. The monoisotopic (exact) mass is 448 g/mol. The first-order valence-corrected chi connectivity index (χ1v) is 12.9. The minimum atomic E-state index is -0.854. The van der Waals surface area contributed by atoms with Crippen LogP contribution in [0.1, 0.15) is 85.5 Å². The molecule has 4 fully saturated rings. The lowest BCUT2D eigenvalue weighted by Crippen LogP contribution is -2.62. The fourth-order valence-electron chi connectivity index (χ4n) is 8.98. The van der Waals surface area contributed by atoms with Gasteiger partial charge in [-0.2, -0.15) is 0 Å². The van der Waals surface area contributed by atoms with E-state index in [0.29, 0.717) is 35.2 Å². The van der Waals surface area contributed by atoms with Gasteiger partial charge >= 0.3 is 5.97 Å². The van der Waals surface area contributed by atoms with Crippen LogP contribution in [-0.2, 0) is 4.79 Å². The van der Waals surface area contributed by atoms with Crippen molar-refractivity contribution in [3.05, 3.63) is 11.6 Å². The Morgan fingerprint density at radius 2 is 1.78 bits per heavy atom. The fraction of sp³-hybridized carbons (Fsp3) is 0.889. The largest absolute Gasteiger partial charge is 0.478 e. The summed E-state index contributed by atoms with van der Waals surface area (Å²) in [5, 5.41) is 42.3. The molecule has 5 heteroatoms. The van der Waals surface area contributed by atoms with Crippen LogP contribution in [0.2, 0.25) is 0 Å². The van der Waals surface area contributed by atoms with E-state index in [9.17, 15) is 20.1 Å². The van der Waals surface area contributed by atoms with Crippen LogP contribution in [-0.4, -0.2) is 44.7 Å². The highest BCUT2D eigenvalue weighted by Gasteiger charge is 2.65. The number of allylic oxidation sites excluding steroid dienone is 1. The Labute approximate surface area is 193 Å². The molecule has 0 aromatic rings. The number of carboxylic acid groups (broad SMARTS) is 1. The Balaban J connectivity index is 1.54. The average molecular weight is 449 g/mol. The van der Waals surface area contributed by atoms with Gasteiger partial charge in [-0.05, 0) is 111 Å². The molecule has 4 aliphatic carbocycles. The Hall–Kier alpha value is -0.910. The third kappa shape index (κ3) is 3.76. The first-order valence-electron chi connectivity index (χ1n) is 12.9. The molecule has 182 valence electrons. The maximum Gasteiger partial charge on any atom is 0.330 e. The molecule has 4 aliphatic rings. The smallest absolute Gasteiger partial charge is 0.330 e. The van der Waals surface area contributed by atoms with E-state index in [1.165, 1.54) is 0 Å². The molecule has 4 saturated carbocycles. The Morgan fingerprint density at radius 1 is 1.06 bits per heavy atom. The van der Waals surface area contributed by atoms with Crippen molar-refractivity contribution in [1.82, 2.24) is 0 Å². The quantitative estimate of drug-likeness (QED) is 0.468. The molecular weight excluding hydrogens is 404 g/mol. The van der Waals surface area contributed by atoms with E-state index in [1.54, 1.807) is 6.92 Å². The van der Waals surface area contributed by atoms with E-state index in [1.807, 2.05) is 6.08 Å². The van der Waals surface area contributed by atoms with Gasteiger partial charge < -0.3 is 20.4 Å². The average Bonchev–Trinajstić information content (AvgIpc) is 3.08. The van der Waals surface area contributed by atoms with Crippen molar-refractivity contribution in [2.75, 3.05) is 0 Å². The van der Waals surface area contributed by atoms with Crippen LogP contribution in [0.3, 0.4) is 0 Å². The third-order valence-electron chi connectivity index (χ3n) is 10.9. The molecule has 0 aliphatic heterocycles. The summed E-state index contributed by atoms with van der Waals surface area (Å²) in [7, 11) is 0. The topological polar surface area (TPSA) is 98.0 Å². The van der Waals surface area contributed by atoms with Gasteiger partial charge in [0.25, 0.3) is 0 Å². The zero-order chi connectivity index (χ0) is 23.4. The second-order valence-electron chi connectivity index (χ2n) is 12.3. The maximum absolute atomic E-state index is 11.6. The van der Waals surface area contributed by atoms with Gasteiger partial charge in [0.1, 0.15) is 0 Å². The molecule has 0 spiro atoms. The van der Waals surface area contributed by atoms with Gasteiger partial charge in [0.05, 0.1) is 18.3 Å². The molecule has 0 saturated heterocycles. The molecule has 0 radical (unpaired) electrons. The van der Waals surface area contributed by atoms with Crippen LogP contribution in [0, 0.1) is 46.3 Å². The lowest BCUT2D eigenvalue weighted by atomic mass is 9.43. The lowest BCUT2D eigenvalue weighted by molar-refractivity contribution is -0.207. The number of hydrogen-bond donors (Lipinski definition) is 4. The second-order valence-corrected chi connectivity index (χ2v) is 12.3. The molecule has 5 nitrogen and oxygen atoms in total. The van der Waals surface area contributed by atoms with Crippen molar-refractivity contribution in [3.8, 4) is 0 Å². The van der Waals surface area contributed by atoms with Crippen molar-refractivity contribution < 1.29 is 25.2 Å². The molecule has 32 heavy (non-hydrogen) atoms. The van der Waals surface area contributed by atoms with Gasteiger partial charge in [-0.15, -0.1) is 0 Å². The number of carbonyl (C=O) groups is 1. The molecule has 0 amide bonds. The zero-order valence-corrected chi connectivity index (χ0v) is 20.3. The number of aliphatic hydroxyl groups excluding tert-OH is 3. The van der Waals surface area contributed by atoms with Crippen LogP contribution >= 0.6 is 0 Å². The van der Waals surface area contributed by atoms with Crippen LogP contribution < -0.4 is 0 Å². The van der Waals surface area contributed by atoms with Gasteiger partial charge in [-0.25, -0.2) is 4.79 Å². The number of aliphatic hydroxyl groups is 3. The molecular formula is C27H44O5. The van der Waals surface area contributed by atoms with Gasteiger partial charge in [-0.3, -0.25) is 0 Å². The van der Waals surface area contributed by atoms with E-state index in [2.05, 4.69) is 20.8 Å². The summed E-state index contributed by atoms with van der Waals surface area (Å²) >= 11 is 0. The minimum Gasteiger partial charge on any atom is -0.478 e. The Morgan fingerprint density at radius 3 is 2.47 bits per heavy atom. The normalized spacial score (nSPS) is 49.7. The van der Waals surface area contributed by atoms with Crippen LogP contribution in [0.15, 0.2) is 11.6 Å². The number of aliphatic carboxylic acids is 1. The first kappa shape index (κ1) is 24.2. The van der Waals surface area contributed by atoms with Crippen LogP contribution in [0.4, 0.5) is 0 Å². The lowest BCUT2D eigenvalue weighted by Gasteiger charge is -2.63. The summed E-state index contributed by atoms with van der Waals surface area (Å²) in [5.74, 6) is 1.20. The van der Waals surface area contributed by atoms with Crippen LogP contribution in [0.25, 0.3) is 0 Å². The number of carboxylic acids is 1. The Kier molecular flexibility index (Phi) is 6.59. The molecule has 0 bridgehead atoms. The van der Waals surface area contributed by atoms with E-state index in [4.69, 9.17) is 5.11 Å². The van der Waals surface area contributed by atoms with Crippen LogP contribution in [0.5, 0.6) is 0 Å². The second kappa shape index (κ2) is 8.70. The summed E-state index contributed by atoms with van der Waals surface area (Å²) in [5.41, 5.74) is 0.317. The molecule has 3 unspecified atom stereocenters. The highest BCUT2D eigenvalue weighted by atomic mass is 16.4. The molecule has 4 N–H and O–H groups in total. The summed E-state index contributed by atoms with van der Waals surface area (Å²) in [6.45, 7) is 8.55. The highest BCUT2D eigenvalue weighted by molar-refractivity contribution is 5.85. The predicted octanol–water partition coefficient (Wildman–Crippen LogP) is 4.40. The number of hydrogen-bond acceptors (Lipinski definition) is 4. The van der Waals surface area contributed by atoms with Crippen molar-refractivity contribution >= 4 is 5.97 Å². The van der Waals surface area contributed by atoms with Gasteiger partial charge in [0.2, 0.25) is 0 Å². The Bertz CT molecular complexity index is 748. The number of fused-ring (bicyclic) bond motifs is 5. The van der Waals surface area contributed by atoms with Crippen molar-refractivity contribution in [3.63, 3.8) is 0 Å². The summed E-state index contributed by atoms with van der Waals surface area (Å²) in [6, 6.07) is 0.